The van der Waals surface area contributed by atoms with Gasteiger partial charge < -0.3 is 11.1 Å². The smallest absolute Gasteiger partial charge is 0.0509 e. The average molecular weight is 186 g/mol. The third-order valence-electron chi connectivity index (χ3n) is 3.06. The van der Waals surface area contributed by atoms with Crippen molar-refractivity contribution < 1.29 is 0 Å². The second-order valence-electron chi connectivity index (χ2n) is 4.00. The van der Waals surface area contributed by atoms with Crippen molar-refractivity contribution in [2.45, 2.75) is 42.9 Å². The summed E-state index contributed by atoms with van der Waals surface area (Å²) in [6.07, 6.45) is 4.00. The molecule has 0 bridgehead atoms. The molecule has 2 rings (SSSR count). The Hall–Kier alpha value is 0.270. The third kappa shape index (κ3) is 1.63. The van der Waals surface area contributed by atoms with Crippen LogP contribution >= 0.6 is 11.8 Å². The van der Waals surface area contributed by atoms with Crippen LogP contribution in [0.4, 0.5) is 0 Å². The molecule has 0 radical (unpaired) electrons. The molecule has 2 aliphatic rings. The van der Waals surface area contributed by atoms with Gasteiger partial charge in [0.1, 0.15) is 0 Å². The van der Waals surface area contributed by atoms with Crippen LogP contribution in [0.1, 0.15) is 26.2 Å². The van der Waals surface area contributed by atoms with Crippen LogP contribution in [0.3, 0.4) is 0 Å². The Bertz CT molecular complexity index is 163. The molecule has 1 aliphatic heterocycles. The highest BCUT2D eigenvalue weighted by atomic mass is 32.2. The summed E-state index contributed by atoms with van der Waals surface area (Å²) in [4.78, 5) is 0. The van der Waals surface area contributed by atoms with E-state index in [0.29, 0.717) is 5.37 Å². The second kappa shape index (κ2) is 3.56. The molecule has 1 heterocycles. The SMILES string of the molecule is C[C@H]1NC2CCC(CN)C[C@H]2S1. The van der Waals surface area contributed by atoms with Crippen LogP contribution in [0, 0.1) is 5.92 Å². The first-order chi connectivity index (χ1) is 5.79. The Morgan fingerprint density at radius 2 is 2.33 bits per heavy atom. The van der Waals surface area contributed by atoms with Gasteiger partial charge in [0.25, 0.3) is 0 Å². The van der Waals surface area contributed by atoms with E-state index < -0.39 is 0 Å². The summed E-state index contributed by atoms with van der Waals surface area (Å²) in [5.74, 6) is 0.797. The molecule has 0 aromatic rings. The van der Waals surface area contributed by atoms with E-state index in [-0.39, 0.29) is 0 Å². The first-order valence-corrected chi connectivity index (χ1v) is 5.85. The maximum absolute atomic E-state index is 5.69. The fourth-order valence-electron chi connectivity index (χ4n) is 2.37. The number of fused-ring (bicyclic) bond motifs is 1. The fraction of sp³-hybridized carbons (Fsp3) is 1.00. The molecule has 2 nitrogen and oxygen atoms in total. The predicted octanol–water partition coefficient (Wildman–Crippen LogP) is 1.16. The lowest BCUT2D eigenvalue weighted by atomic mass is 9.86. The summed E-state index contributed by atoms with van der Waals surface area (Å²) in [7, 11) is 0. The van der Waals surface area contributed by atoms with E-state index in [4.69, 9.17) is 5.73 Å². The quantitative estimate of drug-likeness (QED) is 0.645. The van der Waals surface area contributed by atoms with E-state index >= 15 is 0 Å². The lowest BCUT2D eigenvalue weighted by molar-refractivity contribution is 0.319. The molecule has 4 atom stereocenters. The van der Waals surface area contributed by atoms with E-state index in [2.05, 4.69) is 24.0 Å². The van der Waals surface area contributed by atoms with Gasteiger partial charge >= 0.3 is 0 Å². The molecule has 0 aromatic carbocycles. The Balaban J connectivity index is 1.93. The van der Waals surface area contributed by atoms with Crippen molar-refractivity contribution in [2.75, 3.05) is 6.54 Å². The van der Waals surface area contributed by atoms with E-state index in [1.54, 1.807) is 0 Å². The second-order valence-corrected chi connectivity index (χ2v) is 5.59. The van der Waals surface area contributed by atoms with Crippen LogP contribution < -0.4 is 11.1 Å². The van der Waals surface area contributed by atoms with Crippen LogP contribution in [0.25, 0.3) is 0 Å². The minimum Gasteiger partial charge on any atom is -0.330 e. The molecular formula is C9H18N2S. The molecule has 0 spiro atoms. The van der Waals surface area contributed by atoms with Gasteiger partial charge in [0.05, 0.1) is 5.37 Å². The first-order valence-electron chi connectivity index (χ1n) is 4.91. The van der Waals surface area contributed by atoms with Crippen LogP contribution in [0.5, 0.6) is 0 Å². The number of nitrogens with two attached hydrogens (primary N) is 1. The highest BCUT2D eigenvalue weighted by Crippen LogP contribution is 2.38. The zero-order valence-corrected chi connectivity index (χ0v) is 8.44. The summed E-state index contributed by atoms with van der Waals surface area (Å²) < 4.78 is 0. The topological polar surface area (TPSA) is 38.0 Å². The summed E-state index contributed by atoms with van der Waals surface area (Å²) >= 11 is 2.10. The number of hydrogen-bond acceptors (Lipinski definition) is 3. The third-order valence-corrected chi connectivity index (χ3v) is 4.48. The highest BCUT2D eigenvalue weighted by molar-refractivity contribution is 8.00. The van der Waals surface area contributed by atoms with Crippen molar-refractivity contribution in [3.8, 4) is 0 Å². The molecular weight excluding hydrogens is 168 g/mol. The molecule has 3 heteroatoms. The normalized spacial score (nSPS) is 47.5. The van der Waals surface area contributed by atoms with E-state index in [0.717, 1.165) is 23.8 Å². The van der Waals surface area contributed by atoms with Crippen molar-refractivity contribution in [1.29, 1.82) is 0 Å². The lowest BCUT2D eigenvalue weighted by Crippen LogP contribution is -2.38. The molecule has 12 heavy (non-hydrogen) atoms. The minimum absolute atomic E-state index is 0.663. The van der Waals surface area contributed by atoms with E-state index in [1.165, 1.54) is 19.3 Å². The first kappa shape index (κ1) is 8.85. The Labute approximate surface area is 78.7 Å². The monoisotopic (exact) mass is 186 g/mol. The molecule has 2 unspecified atom stereocenters. The van der Waals surface area contributed by atoms with Gasteiger partial charge in [-0.15, -0.1) is 11.8 Å². The largest absolute Gasteiger partial charge is 0.330 e. The van der Waals surface area contributed by atoms with E-state index in [9.17, 15) is 0 Å². The molecule has 1 aliphatic carbocycles. The Morgan fingerprint density at radius 1 is 1.50 bits per heavy atom. The van der Waals surface area contributed by atoms with Gasteiger partial charge in [0.15, 0.2) is 0 Å². The van der Waals surface area contributed by atoms with Crippen LogP contribution in [0.2, 0.25) is 0 Å². The van der Waals surface area contributed by atoms with Crippen molar-refractivity contribution in [3.05, 3.63) is 0 Å². The molecule has 0 amide bonds. The molecule has 1 saturated carbocycles. The van der Waals surface area contributed by atoms with Gasteiger partial charge in [-0.05, 0) is 38.6 Å². The molecule has 3 N–H and O–H groups in total. The van der Waals surface area contributed by atoms with Gasteiger partial charge in [-0.3, -0.25) is 0 Å². The van der Waals surface area contributed by atoms with Gasteiger partial charge in [-0.1, -0.05) is 0 Å². The van der Waals surface area contributed by atoms with Crippen molar-refractivity contribution in [2.24, 2.45) is 11.7 Å². The maximum atomic E-state index is 5.69. The summed E-state index contributed by atoms with van der Waals surface area (Å²) in [6, 6.07) is 0.785. The zero-order valence-electron chi connectivity index (χ0n) is 7.62. The fourth-order valence-corrected chi connectivity index (χ4v) is 3.94. The number of hydrogen-bond donors (Lipinski definition) is 2. The molecule has 1 saturated heterocycles. The summed E-state index contributed by atoms with van der Waals surface area (Å²) in [6.45, 7) is 3.15. The van der Waals surface area contributed by atoms with Gasteiger partial charge in [0.2, 0.25) is 0 Å². The molecule has 70 valence electrons. The lowest BCUT2D eigenvalue weighted by Gasteiger charge is -2.29. The standard InChI is InChI=1S/C9H18N2S/c1-6-11-8-3-2-7(5-10)4-9(8)12-6/h6-9,11H,2-5,10H2,1H3/t6-,7?,8?,9+/m0/s1. The average Bonchev–Trinajstić information content (AvgIpc) is 2.43. The zero-order chi connectivity index (χ0) is 8.55. The van der Waals surface area contributed by atoms with Crippen molar-refractivity contribution in [1.82, 2.24) is 5.32 Å². The predicted molar refractivity (Wildman–Crippen MR) is 54.2 cm³/mol. The van der Waals surface area contributed by atoms with Crippen LogP contribution in [-0.2, 0) is 0 Å². The minimum atomic E-state index is 0.663. The Morgan fingerprint density at radius 3 is 3.08 bits per heavy atom. The number of rotatable bonds is 1. The van der Waals surface area contributed by atoms with Gasteiger partial charge in [0, 0.05) is 11.3 Å². The van der Waals surface area contributed by atoms with Gasteiger partial charge in [-0.25, -0.2) is 0 Å². The van der Waals surface area contributed by atoms with Gasteiger partial charge in [-0.2, -0.15) is 0 Å². The van der Waals surface area contributed by atoms with Crippen molar-refractivity contribution in [3.63, 3.8) is 0 Å². The van der Waals surface area contributed by atoms with Crippen molar-refractivity contribution >= 4 is 11.8 Å². The van der Waals surface area contributed by atoms with E-state index in [1.807, 2.05) is 0 Å². The van der Waals surface area contributed by atoms with Crippen LogP contribution in [0.15, 0.2) is 0 Å². The molecule has 0 aromatic heterocycles. The number of thioether (sulfide) groups is 1. The highest BCUT2D eigenvalue weighted by Gasteiger charge is 2.36. The summed E-state index contributed by atoms with van der Waals surface area (Å²) in [5, 5.41) is 5.14. The maximum Gasteiger partial charge on any atom is 0.0509 e. The number of nitrogens with one attached hydrogen (secondary N) is 1. The Kier molecular flexibility index (Phi) is 2.63. The van der Waals surface area contributed by atoms with Crippen LogP contribution in [-0.4, -0.2) is 23.2 Å². The summed E-state index contributed by atoms with van der Waals surface area (Å²) in [5.41, 5.74) is 5.69. The molecule has 2 fully saturated rings.